The molecule has 6 aromatic rings. The van der Waals surface area contributed by atoms with Crippen molar-refractivity contribution in [1.82, 2.24) is 0 Å². The summed E-state index contributed by atoms with van der Waals surface area (Å²) in [4.78, 5) is 5.01. The summed E-state index contributed by atoms with van der Waals surface area (Å²) in [5.74, 6) is 0. The molecule has 6 heteroatoms. The van der Waals surface area contributed by atoms with Gasteiger partial charge in [-0.05, 0) is 246 Å². The van der Waals surface area contributed by atoms with E-state index in [4.69, 9.17) is 0 Å². The Kier molecular flexibility index (Phi) is 7.99. The monoisotopic (exact) mass is 1040 g/mol. The maximum Gasteiger partial charge on any atom is 0.0520 e. The summed E-state index contributed by atoms with van der Waals surface area (Å²) in [7, 11) is 0. The highest BCUT2D eigenvalue weighted by atomic mass is 127. The minimum Gasteiger partial charge on any atom is -0.310 e. The van der Waals surface area contributed by atoms with Crippen molar-refractivity contribution in [2.24, 2.45) is 5.41 Å². The van der Waals surface area contributed by atoms with Crippen LogP contribution in [0.25, 0.3) is 11.1 Å². The Hall–Kier alpha value is -2.66. The summed E-state index contributed by atoms with van der Waals surface area (Å²) >= 11 is 12.3. The molecule has 264 valence electrons. The smallest absolute Gasteiger partial charge is 0.0520 e. The quantitative estimate of drug-likeness (QED) is 0.153. The lowest BCUT2D eigenvalue weighted by Gasteiger charge is -2.38. The number of anilines is 6. The lowest BCUT2D eigenvalue weighted by atomic mass is 9.66. The van der Waals surface area contributed by atoms with Crippen molar-refractivity contribution in [1.29, 1.82) is 0 Å². The maximum atomic E-state index is 3.69. The summed E-state index contributed by atoms with van der Waals surface area (Å²) in [6.45, 7) is 9.04. The molecule has 0 saturated heterocycles. The van der Waals surface area contributed by atoms with Crippen LogP contribution < -0.4 is 9.80 Å². The molecule has 0 aliphatic heterocycles. The van der Waals surface area contributed by atoms with E-state index in [2.05, 4.69) is 224 Å². The standard InChI is InChI=1S/C47H38Br2I2N2/c1-27-21-33(50)22-28(2)43(27)52(35-9-5-31(48)6-10-35)37-13-15-39-40-16-14-38(26-42(40)47-20-18-45(47)17-19-46(45,47)41(39)25-37)53(36-11-7-32(49)8-12-36)44-29(3)23-34(51)24-30(44)4/h5-16,21-26H,17-20H2,1-4H3/t45?,46-,47-/m0/s1. The number of fused-ring (bicyclic) bond motifs is 3. The fourth-order valence-electron chi connectivity index (χ4n) is 11.4. The van der Waals surface area contributed by atoms with Gasteiger partial charge in [0.2, 0.25) is 0 Å². The van der Waals surface area contributed by atoms with Gasteiger partial charge in [-0.15, -0.1) is 0 Å². The first kappa shape index (κ1) is 34.8. The molecule has 2 nitrogen and oxygen atoms in total. The third kappa shape index (κ3) is 4.64. The summed E-state index contributed by atoms with van der Waals surface area (Å²) < 4.78 is 4.74. The van der Waals surface area contributed by atoms with E-state index in [0.29, 0.717) is 5.41 Å². The van der Waals surface area contributed by atoms with Crippen LogP contribution in [-0.4, -0.2) is 0 Å². The van der Waals surface area contributed by atoms with Gasteiger partial charge in [-0.1, -0.05) is 44.0 Å². The summed E-state index contributed by atoms with van der Waals surface area (Å²) in [5.41, 5.74) is 19.4. The van der Waals surface area contributed by atoms with Gasteiger partial charge in [0.05, 0.1) is 11.4 Å². The Labute approximate surface area is 356 Å². The molecular formula is C47H38Br2I2N2. The molecule has 0 heterocycles. The minimum absolute atomic E-state index is 0.218. The zero-order valence-corrected chi connectivity index (χ0v) is 37.6. The number of hydrogen-bond donors (Lipinski definition) is 0. The zero-order valence-electron chi connectivity index (χ0n) is 30.1. The second kappa shape index (κ2) is 12.2. The predicted octanol–water partition coefficient (Wildman–Crippen LogP) is 15.3. The average molecular weight is 1040 g/mol. The van der Waals surface area contributed by atoms with Gasteiger partial charge in [-0.3, -0.25) is 0 Å². The number of nitrogens with zero attached hydrogens (tertiary/aromatic N) is 2. The highest BCUT2D eigenvalue weighted by Gasteiger charge is 2.96. The van der Waals surface area contributed by atoms with Crippen LogP contribution >= 0.6 is 77.0 Å². The summed E-state index contributed by atoms with van der Waals surface area (Å²) in [6.07, 6.45) is 5.22. The number of rotatable bonds is 6. The molecule has 0 N–H and O–H groups in total. The first-order valence-corrected chi connectivity index (χ1v) is 22.2. The molecule has 0 amide bonds. The number of halogens is 4. The predicted molar refractivity (Wildman–Crippen MR) is 245 cm³/mol. The number of hydrogen-bond acceptors (Lipinski definition) is 2. The van der Waals surface area contributed by atoms with Crippen LogP contribution in [0.1, 0.15) is 59.1 Å². The van der Waals surface area contributed by atoms with Crippen molar-refractivity contribution >= 4 is 111 Å². The van der Waals surface area contributed by atoms with E-state index < -0.39 is 0 Å². The summed E-state index contributed by atoms with van der Waals surface area (Å²) in [6, 6.07) is 41.8. The Morgan fingerprint density at radius 1 is 0.453 bits per heavy atom. The third-order valence-electron chi connectivity index (χ3n) is 13.4. The van der Waals surface area contributed by atoms with Gasteiger partial charge >= 0.3 is 0 Å². The molecule has 0 unspecified atom stereocenters. The van der Waals surface area contributed by atoms with E-state index >= 15 is 0 Å². The normalized spacial score (nSPS) is 22.6. The minimum atomic E-state index is 0.218. The lowest BCUT2D eigenvalue weighted by molar-refractivity contribution is 0.183. The number of benzene rings is 6. The van der Waals surface area contributed by atoms with Crippen LogP contribution in [0.2, 0.25) is 0 Å². The van der Waals surface area contributed by atoms with Gasteiger partial charge in [-0.25, -0.2) is 0 Å². The molecule has 3 spiro atoms. The van der Waals surface area contributed by atoms with E-state index in [0.717, 1.165) is 8.95 Å². The molecule has 10 rings (SSSR count). The van der Waals surface area contributed by atoms with E-state index in [1.165, 1.54) is 100 Å². The van der Waals surface area contributed by atoms with E-state index in [-0.39, 0.29) is 10.8 Å². The molecule has 4 aliphatic rings. The maximum absolute atomic E-state index is 3.69. The van der Waals surface area contributed by atoms with Crippen LogP contribution in [0.5, 0.6) is 0 Å². The van der Waals surface area contributed by atoms with Crippen molar-refractivity contribution in [3.05, 3.63) is 159 Å². The van der Waals surface area contributed by atoms with Gasteiger partial charge in [0.25, 0.3) is 0 Å². The molecule has 6 aromatic carbocycles. The van der Waals surface area contributed by atoms with Gasteiger partial charge in [0.15, 0.2) is 0 Å². The molecular weight excluding hydrogens is 1010 g/mol. The highest BCUT2D eigenvalue weighted by Crippen LogP contribution is 2.99. The van der Waals surface area contributed by atoms with Crippen molar-refractivity contribution in [2.75, 3.05) is 9.80 Å². The van der Waals surface area contributed by atoms with Crippen LogP contribution in [0.4, 0.5) is 34.1 Å². The van der Waals surface area contributed by atoms with Crippen molar-refractivity contribution in [3.63, 3.8) is 0 Å². The summed E-state index contributed by atoms with van der Waals surface area (Å²) in [5, 5.41) is 0. The molecule has 2 atom stereocenters. The Balaban J connectivity index is 1.17. The molecule has 0 radical (unpaired) electrons. The first-order valence-electron chi connectivity index (χ1n) is 18.4. The Morgan fingerprint density at radius 3 is 1.11 bits per heavy atom. The zero-order chi connectivity index (χ0) is 36.6. The molecule has 3 saturated carbocycles. The lowest BCUT2D eigenvalue weighted by Crippen LogP contribution is -2.30. The molecule has 3 fully saturated rings. The van der Waals surface area contributed by atoms with Gasteiger partial charge in [0.1, 0.15) is 0 Å². The highest BCUT2D eigenvalue weighted by molar-refractivity contribution is 14.1. The van der Waals surface area contributed by atoms with E-state index in [1.807, 2.05) is 0 Å². The van der Waals surface area contributed by atoms with Crippen LogP contribution in [0.3, 0.4) is 0 Å². The fourth-order valence-corrected chi connectivity index (χ4v) is 13.8. The third-order valence-corrected chi connectivity index (χ3v) is 15.7. The first-order chi connectivity index (χ1) is 25.5. The van der Waals surface area contributed by atoms with Crippen LogP contribution in [-0.2, 0) is 10.8 Å². The Morgan fingerprint density at radius 2 is 0.792 bits per heavy atom. The second-order valence-corrected chi connectivity index (χ2v) is 20.1. The molecule has 0 aromatic heterocycles. The SMILES string of the molecule is Cc1cc(I)cc(C)c1N(c1ccc(Br)cc1)c1ccc2c(c1)[C@@]13CCC14CC[C@]43c1cc(N(c3ccc(Br)cc3)c3c(C)cc(I)cc3C)ccc1-2. The van der Waals surface area contributed by atoms with Crippen LogP contribution in [0.15, 0.2) is 118 Å². The molecule has 0 bridgehead atoms. The number of aryl methyl sites for hydroxylation is 4. The second-order valence-electron chi connectivity index (χ2n) is 15.8. The van der Waals surface area contributed by atoms with E-state index in [9.17, 15) is 0 Å². The van der Waals surface area contributed by atoms with Crippen molar-refractivity contribution in [3.8, 4) is 11.1 Å². The molecule has 4 aliphatic carbocycles. The topological polar surface area (TPSA) is 6.48 Å². The van der Waals surface area contributed by atoms with E-state index in [1.54, 1.807) is 11.1 Å². The van der Waals surface area contributed by atoms with Crippen LogP contribution in [0, 0.1) is 40.3 Å². The van der Waals surface area contributed by atoms with Gasteiger partial charge < -0.3 is 9.80 Å². The van der Waals surface area contributed by atoms with Gasteiger partial charge in [-0.2, -0.15) is 0 Å². The molecule has 53 heavy (non-hydrogen) atoms. The van der Waals surface area contributed by atoms with Crippen molar-refractivity contribution in [2.45, 2.75) is 64.2 Å². The fraction of sp³-hybridized carbons (Fsp3) is 0.234. The Bertz CT molecular complexity index is 2300. The largest absolute Gasteiger partial charge is 0.310 e. The van der Waals surface area contributed by atoms with Gasteiger partial charge in [0, 0.05) is 49.7 Å². The average Bonchev–Trinajstić information content (AvgIpc) is 3.37. The van der Waals surface area contributed by atoms with Crippen molar-refractivity contribution < 1.29 is 0 Å².